The molecule has 0 saturated heterocycles. The van der Waals surface area contributed by atoms with Gasteiger partial charge in [0, 0.05) is 11.5 Å². The van der Waals surface area contributed by atoms with Gasteiger partial charge in [-0.15, -0.1) is 0 Å². The zero-order chi connectivity index (χ0) is 13.2. The van der Waals surface area contributed by atoms with Crippen molar-refractivity contribution >= 4 is 26.7 Å². The van der Waals surface area contributed by atoms with Crippen molar-refractivity contribution in [1.29, 1.82) is 5.26 Å². The minimum Gasteiger partial charge on any atom is -0.253 e. The van der Waals surface area contributed by atoms with E-state index in [0.717, 1.165) is 11.5 Å². The van der Waals surface area contributed by atoms with Crippen molar-refractivity contribution in [2.45, 2.75) is 11.8 Å². The van der Waals surface area contributed by atoms with Crippen LogP contribution in [0.4, 0.5) is 5.13 Å². The van der Waals surface area contributed by atoms with Gasteiger partial charge < -0.3 is 0 Å². The first-order valence-electron chi connectivity index (χ1n) is 4.84. The number of aromatic nitrogens is 2. The maximum absolute atomic E-state index is 12.0. The third-order valence-corrected chi connectivity index (χ3v) is 4.25. The zero-order valence-corrected chi connectivity index (χ0v) is 10.9. The van der Waals surface area contributed by atoms with Gasteiger partial charge in [0.2, 0.25) is 5.13 Å². The van der Waals surface area contributed by atoms with Crippen LogP contribution in [0, 0.1) is 18.3 Å². The second kappa shape index (κ2) is 4.72. The van der Waals surface area contributed by atoms with E-state index in [1.165, 1.54) is 24.3 Å². The van der Waals surface area contributed by atoms with Gasteiger partial charge in [-0.25, -0.2) is 13.4 Å². The summed E-state index contributed by atoms with van der Waals surface area (Å²) in [6.45, 7) is 1.68. The van der Waals surface area contributed by atoms with Gasteiger partial charge in [0.1, 0.15) is 5.82 Å². The highest BCUT2D eigenvalue weighted by atomic mass is 32.2. The number of nitriles is 1. The van der Waals surface area contributed by atoms with Crippen LogP contribution in [0.15, 0.2) is 29.2 Å². The van der Waals surface area contributed by atoms with Crippen LogP contribution < -0.4 is 4.72 Å². The maximum atomic E-state index is 12.0. The van der Waals surface area contributed by atoms with Gasteiger partial charge in [-0.3, -0.25) is 4.72 Å². The van der Waals surface area contributed by atoms with Crippen LogP contribution in [0.2, 0.25) is 0 Å². The molecule has 0 aliphatic rings. The molecule has 0 atom stereocenters. The van der Waals surface area contributed by atoms with E-state index in [2.05, 4.69) is 14.1 Å². The quantitative estimate of drug-likeness (QED) is 0.919. The molecule has 2 rings (SSSR count). The first kappa shape index (κ1) is 12.5. The lowest BCUT2D eigenvalue weighted by Crippen LogP contribution is -2.12. The minimum atomic E-state index is -3.68. The molecule has 0 spiro atoms. The molecule has 6 nitrogen and oxygen atoms in total. The van der Waals surface area contributed by atoms with Crippen molar-refractivity contribution in [1.82, 2.24) is 9.36 Å². The predicted octanol–water partition coefficient (Wildman–Crippen LogP) is 1.52. The zero-order valence-electron chi connectivity index (χ0n) is 9.28. The van der Waals surface area contributed by atoms with Crippen LogP contribution in [0.25, 0.3) is 0 Å². The largest absolute Gasteiger partial charge is 0.263 e. The molecule has 0 aliphatic carbocycles. The van der Waals surface area contributed by atoms with E-state index >= 15 is 0 Å². The molecule has 0 aliphatic heterocycles. The Morgan fingerprint density at radius 1 is 1.33 bits per heavy atom. The van der Waals surface area contributed by atoms with Gasteiger partial charge in [0.25, 0.3) is 10.0 Å². The minimum absolute atomic E-state index is 0.0781. The topological polar surface area (TPSA) is 95.7 Å². The lowest BCUT2D eigenvalue weighted by Gasteiger charge is -2.04. The normalized spacial score (nSPS) is 10.9. The number of aryl methyl sites for hydroxylation is 1. The molecule has 1 aromatic heterocycles. The van der Waals surface area contributed by atoms with Crippen LogP contribution in [0.3, 0.4) is 0 Å². The van der Waals surface area contributed by atoms with Crippen LogP contribution in [-0.2, 0) is 10.0 Å². The second-order valence-corrected chi connectivity index (χ2v) is 5.82. The standard InChI is InChI=1S/C10H8N4O2S2/c1-7-12-10(17-13-7)14-18(15,16)9-4-2-8(6-11)3-5-9/h2-5H,1H3,(H,12,13,14). The van der Waals surface area contributed by atoms with Crippen molar-refractivity contribution in [2.75, 3.05) is 4.72 Å². The van der Waals surface area contributed by atoms with E-state index in [-0.39, 0.29) is 10.0 Å². The average Bonchev–Trinajstić information content (AvgIpc) is 2.74. The van der Waals surface area contributed by atoms with E-state index in [4.69, 9.17) is 5.26 Å². The number of anilines is 1. The average molecular weight is 280 g/mol. The van der Waals surface area contributed by atoms with Crippen molar-refractivity contribution in [3.63, 3.8) is 0 Å². The van der Waals surface area contributed by atoms with Crippen LogP contribution in [0.5, 0.6) is 0 Å². The Morgan fingerprint density at radius 3 is 2.50 bits per heavy atom. The summed E-state index contributed by atoms with van der Waals surface area (Å²) in [5, 5.41) is 8.86. The number of hydrogen-bond donors (Lipinski definition) is 1. The summed E-state index contributed by atoms with van der Waals surface area (Å²) in [5.74, 6) is 0.512. The summed E-state index contributed by atoms with van der Waals surface area (Å²) in [5.41, 5.74) is 0.403. The van der Waals surface area contributed by atoms with Gasteiger partial charge >= 0.3 is 0 Å². The van der Waals surface area contributed by atoms with Crippen LogP contribution in [0.1, 0.15) is 11.4 Å². The van der Waals surface area contributed by atoms with E-state index in [9.17, 15) is 8.42 Å². The Morgan fingerprint density at radius 2 is 2.00 bits per heavy atom. The second-order valence-electron chi connectivity index (χ2n) is 3.39. The van der Waals surface area contributed by atoms with E-state index in [1.54, 1.807) is 6.92 Å². The summed E-state index contributed by atoms with van der Waals surface area (Å²) in [7, 11) is -3.68. The van der Waals surface area contributed by atoms with Gasteiger partial charge in [-0.2, -0.15) is 9.64 Å². The van der Waals surface area contributed by atoms with Gasteiger partial charge in [0.15, 0.2) is 0 Å². The summed E-state index contributed by atoms with van der Waals surface area (Å²) in [4.78, 5) is 4.00. The van der Waals surface area contributed by atoms with Gasteiger partial charge in [0.05, 0.1) is 16.5 Å². The SMILES string of the molecule is Cc1nsc(NS(=O)(=O)c2ccc(C#N)cc2)n1. The number of benzene rings is 1. The lowest BCUT2D eigenvalue weighted by atomic mass is 10.2. The van der Waals surface area contributed by atoms with Crippen molar-refractivity contribution in [3.05, 3.63) is 35.7 Å². The summed E-state index contributed by atoms with van der Waals surface area (Å²) in [6, 6.07) is 7.55. The van der Waals surface area contributed by atoms with Gasteiger partial charge in [-0.05, 0) is 31.2 Å². The molecule has 0 bridgehead atoms. The molecule has 18 heavy (non-hydrogen) atoms. The number of rotatable bonds is 3. The third kappa shape index (κ3) is 2.64. The van der Waals surface area contributed by atoms with E-state index in [0.29, 0.717) is 11.4 Å². The Bertz CT molecular complexity index is 698. The van der Waals surface area contributed by atoms with Crippen molar-refractivity contribution < 1.29 is 8.42 Å². The molecule has 1 N–H and O–H groups in total. The van der Waals surface area contributed by atoms with E-state index in [1.807, 2.05) is 6.07 Å². The third-order valence-electron chi connectivity index (χ3n) is 2.04. The monoisotopic (exact) mass is 280 g/mol. The Hall–Kier alpha value is -1.98. The number of sulfonamides is 1. The number of nitrogens with zero attached hydrogens (tertiary/aromatic N) is 3. The smallest absolute Gasteiger partial charge is 0.253 e. The molecule has 92 valence electrons. The Labute approximate surface area is 108 Å². The van der Waals surface area contributed by atoms with Crippen molar-refractivity contribution in [3.8, 4) is 6.07 Å². The molecule has 0 amide bonds. The maximum Gasteiger partial charge on any atom is 0.263 e. The predicted molar refractivity (Wildman–Crippen MR) is 66.6 cm³/mol. The molecule has 1 heterocycles. The summed E-state index contributed by atoms with van der Waals surface area (Å²) < 4.78 is 30.1. The van der Waals surface area contributed by atoms with E-state index < -0.39 is 10.0 Å². The highest BCUT2D eigenvalue weighted by Crippen LogP contribution is 2.17. The molecule has 0 fully saturated rings. The molecule has 2 aromatic rings. The lowest BCUT2D eigenvalue weighted by molar-refractivity contribution is 0.601. The molecular formula is C10H8N4O2S2. The fraction of sp³-hybridized carbons (Fsp3) is 0.100. The first-order chi connectivity index (χ1) is 8.51. The summed E-state index contributed by atoms with van der Waals surface area (Å²) in [6.07, 6.45) is 0. The van der Waals surface area contributed by atoms with Crippen LogP contribution in [-0.4, -0.2) is 17.8 Å². The molecule has 0 saturated carbocycles. The fourth-order valence-corrected chi connectivity index (χ4v) is 3.02. The molecule has 0 unspecified atom stereocenters. The molecule has 1 aromatic carbocycles. The molecule has 0 radical (unpaired) electrons. The number of hydrogen-bond acceptors (Lipinski definition) is 6. The Balaban J connectivity index is 2.28. The summed E-state index contributed by atoms with van der Waals surface area (Å²) >= 11 is 0.975. The molecular weight excluding hydrogens is 272 g/mol. The fourth-order valence-electron chi connectivity index (χ4n) is 1.22. The number of nitrogens with one attached hydrogen (secondary N) is 1. The highest BCUT2D eigenvalue weighted by Gasteiger charge is 2.16. The van der Waals surface area contributed by atoms with Crippen molar-refractivity contribution in [2.24, 2.45) is 0 Å². The first-order valence-corrected chi connectivity index (χ1v) is 7.10. The Kier molecular flexibility index (Phi) is 3.27. The van der Waals surface area contributed by atoms with Gasteiger partial charge in [-0.1, -0.05) is 0 Å². The van der Waals surface area contributed by atoms with Crippen LogP contribution >= 0.6 is 11.5 Å². The highest BCUT2D eigenvalue weighted by molar-refractivity contribution is 7.93. The molecule has 8 heteroatoms.